The first-order chi connectivity index (χ1) is 15.9. The molecule has 1 aliphatic rings. The number of aryl methyl sites for hydroxylation is 1. The predicted octanol–water partition coefficient (Wildman–Crippen LogP) is 2.56. The number of imide groups is 1. The summed E-state index contributed by atoms with van der Waals surface area (Å²) in [5.74, 6) is -2.52. The van der Waals surface area contributed by atoms with Crippen molar-refractivity contribution in [2.75, 3.05) is 18.4 Å². The first kappa shape index (κ1) is 25.0. The Bertz CT molecular complexity index is 1300. The molecule has 1 aliphatic heterocycles. The molecule has 12 heteroatoms. The topological polar surface area (TPSA) is 147 Å². The lowest BCUT2D eigenvalue weighted by Crippen LogP contribution is -2.45. The highest BCUT2D eigenvalue weighted by molar-refractivity contribution is 7.89. The quantitative estimate of drug-likeness (QED) is 0.341. The molecule has 0 aliphatic carbocycles. The molecule has 0 unspecified atom stereocenters. The smallest absolute Gasteiger partial charge is 0.282 e. The van der Waals surface area contributed by atoms with E-state index in [1.54, 1.807) is 26.8 Å². The van der Waals surface area contributed by atoms with Crippen molar-refractivity contribution in [3.63, 3.8) is 0 Å². The van der Waals surface area contributed by atoms with E-state index >= 15 is 0 Å². The van der Waals surface area contributed by atoms with Gasteiger partial charge in [-0.05, 0) is 37.6 Å². The normalized spacial score (nSPS) is 14.3. The number of anilines is 1. The van der Waals surface area contributed by atoms with Crippen LogP contribution in [0.25, 0.3) is 0 Å². The van der Waals surface area contributed by atoms with Crippen molar-refractivity contribution in [2.24, 2.45) is 0 Å². The van der Waals surface area contributed by atoms with Gasteiger partial charge in [-0.2, -0.15) is 4.31 Å². The standard InChI is InChI=1S/C22H24N4O7S/c1-5-24(6-2)34(32,33)18-12-15(11-10-13(18)3)23-20(27)14(4)25-21(28)16-8-7-9-17(26(30)31)19(16)22(25)29/h7-12,14H,5-6H2,1-4H3,(H,23,27)/t14-/m0/s1. The Labute approximate surface area is 196 Å². The minimum absolute atomic E-state index is 0.0259. The van der Waals surface area contributed by atoms with Gasteiger partial charge in [-0.1, -0.05) is 26.0 Å². The van der Waals surface area contributed by atoms with Gasteiger partial charge >= 0.3 is 0 Å². The number of nitro benzene ring substituents is 1. The van der Waals surface area contributed by atoms with E-state index < -0.39 is 44.4 Å². The van der Waals surface area contributed by atoms with Gasteiger partial charge in [0.25, 0.3) is 17.5 Å². The van der Waals surface area contributed by atoms with Gasteiger partial charge in [-0.25, -0.2) is 8.42 Å². The van der Waals surface area contributed by atoms with Gasteiger partial charge in [0.1, 0.15) is 11.6 Å². The Hall–Kier alpha value is -3.64. The Kier molecular flexibility index (Phi) is 6.84. The molecule has 0 fully saturated rings. The number of benzene rings is 2. The second-order valence-electron chi connectivity index (χ2n) is 7.67. The molecule has 11 nitrogen and oxygen atoms in total. The van der Waals surface area contributed by atoms with Gasteiger partial charge in [-0.15, -0.1) is 0 Å². The van der Waals surface area contributed by atoms with Crippen molar-refractivity contribution < 1.29 is 27.7 Å². The lowest BCUT2D eigenvalue weighted by molar-refractivity contribution is -0.385. The number of hydrogen-bond acceptors (Lipinski definition) is 7. The van der Waals surface area contributed by atoms with Crippen molar-refractivity contribution in [2.45, 2.75) is 38.6 Å². The molecule has 34 heavy (non-hydrogen) atoms. The Morgan fingerprint density at radius 3 is 2.38 bits per heavy atom. The van der Waals surface area contributed by atoms with Gasteiger partial charge in [0.15, 0.2) is 0 Å². The van der Waals surface area contributed by atoms with Gasteiger partial charge < -0.3 is 5.32 Å². The Balaban J connectivity index is 1.89. The zero-order valence-corrected chi connectivity index (χ0v) is 19.9. The molecule has 2 aromatic rings. The highest BCUT2D eigenvalue weighted by Crippen LogP contribution is 2.32. The highest BCUT2D eigenvalue weighted by atomic mass is 32.2. The van der Waals surface area contributed by atoms with Crippen LogP contribution < -0.4 is 5.32 Å². The first-order valence-electron chi connectivity index (χ1n) is 10.5. The maximum atomic E-state index is 13.0. The number of nitrogens with zero attached hydrogens (tertiary/aromatic N) is 3. The maximum Gasteiger partial charge on any atom is 0.282 e. The number of hydrogen-bond donors (Lipinski definition) is 1. The molecule has 3 rings (SSSR count). The molecule has 1 heterocycles. The van der Waals surface area contributed by atoms with Crippen molar-refractivity contribution in [1.82, 2.24) is 9.21 Å². The SMILES string of the molecule is CCN(CC)S(=O)(=O)c1cc(NC(=O)[C@H](C)N2C(=O)c3cccc([N+](=O)[O-])c3C2=O)ccc1C. The van der Waals surface area contributed by atoms with E-state index in [4.69, 9.17) is 0 Å². The van der Waals surface area contributed by atoms with Gasteiger partial charge in [0, 0.05) is 24.8 Å². The maximum absolute atomic E-state index is 13.0. The third-order valence-corrected chi connectivity index (χ3v) is 7.86. The Morgan fingerprint density at radius 1 is 1.15 bits per heavy atom. The first-order valence-corrected chi connectivity index (χ1v) is 12.0. The zero-order valence-electron chi connectivity index (χ0n) is 19.1. The molecule has 0 saturated carbocycles. The molecule has 3 amide bonds. The van der Waals surface area contributed by atoms with E-state index in [0.29, 0.717) is 10.5 Å². The summed E-state index contributed by atoms with van der Waals surface area (Å²) in [4.78, 5) is 49.7. The number of nitro groups is 1. The van der Waals surface area contributed by atoms with Crippen molar-refractivity contribution in [1.29, 1.82) is 0 Å². The summed E-state index contributed by atoms with van der Waals surface area (Å²) in [5, 5.41) is 13.8. The summed E-state index contributed by atoms with van der Waals surface area (Å²) >= 11 is 0. The zero-order chi connectivity index (χ0) is 25.4. The minimum atomic E-state index is -3.79. The van der Waals surface area contributed by atoms with E-state index in [-0.39, 0.29) is 34.8 Å². The van der Waals surface area contributed by atoms with Crippen LogP contribution in [0, 0.1) is 17.0 Å². The van der Waals surface area contributed by atoms with Crippen LogP contribution in [0.2, 0.25) is 0 Å². The van der Waals surface area contributed by atoms with Gasteiger partial charge in [0.2, 0.25) is 15.9 Å². The predicted molar refractivity (Wildman–Crippen MR) is 123 cm³/mol. The second-order valence-corrected chi connectivity index (χ2v) is 9.58. The molecule has 180 valence electrons. The summed E-state index contributed by atoms with van der Waals surface area (Å²) in [6, 6.07) is 6.76. The van der Waals surface area contributed by atoms with Crippen LogP contribution in [0.1, 0.15) is 47.1 Å². The van der Waals surface area contributed by atoms with Crippen molar-refractivity contribution in [3.05, 3.63) is 63.2 Å². The lowest BCUT2D eigenvalue weighted by Gasteiger charge is -2.23. The highest BCUT2D eigenvalue weighted by Gasteiger charge is 2.44. The van der Waals surface area contributed by atoms with Crippen LogP contribution in [0.4, 0.5) is 11.4 Å². The molecule has 0 aromatic heterocycles. The number of nitrogens with one attached hydrogen (secondary N) is 1. The molecule has 1 N–H and O–H groups in total. The van der Waals surface area contributed by atoms with E-state index in [1.807, 2.05) is 0 Å². The summed E-state index contributed by atoms with van der Waals surface area (Å²) in [6.45, 7) is 6.93. The van der Waals surface area contributed by atoms with E-state index in [1.165, 1.54) is 35.5 Å². The van der Waals surface area contributed by atoms with Crippen LogP contribution in [0.3, 0.4) is 0 Å². The lowest BCUT2D eigenvalue weighted by atomic mass is 10.1. The molecule has 0 saturated heterocycles. The third kappa shape index (κ3) is 4.17. The van der Waals surface area contributed by atoms with Crippen molar-refractivity contribution >= 4 is 39.1 Å². The number of carbonyl (C=O) groups excluding carboxylic acids is 3. The number of carbonyl (C=O) groups is 3. The monoisotopic (exact) mass is 488 g/mol. The molecule has 0 spiro atoms. The average Bonchev–Trinajstić information content (AvgIpc) is 3.05. The summed E-state index contributed by atoms with van der Waals surface area (Å²) in [6.07, 6.45) is 0. The fourth-order valence-corrected chi connectivity index (χ4v) is 5.52. The fraction of sp³-hybridized carbons (Fsp3) is 0.318. The van der Waals surface area contributed by atoms with E-state index in [2.05, 4.69) is 5.32 Å². The second kappa shape index (κ2) is 9.31. The minimum Gasteiger partial charge on any atom is -0.324 e. The largest absolute Gasteiger partial charge is 0.324 e. The van der Waals surface area contributed by atoms with Crippen LogP contribution in [-0.4, -0.2) is 59.4 Å². The molecule has 0 bridgehead atoms. The molecular formula is C22H24N4O7S. The molecule has 0 radical (unpaired) electrons. The van der Waals surface area contributed by atoms with Crippen LogP contribution in [-0.2, 0) is 14.8 Å². The molecule has 1 atom stereocenters. The number of fused-ring (bicyclic) bond motifs is 1. The third-order valence-electron chi connectivity index (χ3n) is 5.67. The van der Waals surface area contributed by atoms with Gasteiger partial charge in [0.05, 0.1) is 15.4 Å². The summed E-state index contributed by atoms with van der Waals surface area (Å²) < 4.78 is 27.2. The van der Waals surface area contributed by atoms with Crippen LogP contribution >= 0.6 is 0 Å². The summed E-state index contributed by atoms with van der Waals surface area (Å²) in [5.41, 5.74) is -0.376. The van der Waals surface area contributed by atoms with E-state index in [9.17, 15) is 32.9 Å². The molecule has 2 aromatic carbocycles. The average molecular weight is 489 g/mol. The number of amides is 3. The number of rotatable bonds is 8. The molecular weight excluding hydrogens is 464 g/mol. The summed E-state index contributed by atoms with van der Waals surface area (Å²) in [7, 11) is -3.79. The van der Waals surface area contributed by atoms with E-state index in [0.717, 1.165) is 6.07 Å². The van der Waals surface area contributed by atoms with Crippen molar-refractivity contribution in [3.8, 4) is 0 Å². The fourth-order valence-electron chi connectivity index (χ4n) is 3.81. The Morgan fingerprint density at radius 2 is 1.79 bits per heavy atom. The van der Waals surface area contributed by atoms with Gasteiger partial charge in [-0.3, -0.25) is 29.4 Å². The van der Waals surface area contributed by atoms with Crippen LogP contribution in [0.5, 0.6) is 0 Å². The van der Waals surface area contributed by atoms with Crippen LogP contribution in [0.15, 0.2) is 41.3 Å². The number of sulfonamides is 1.